The summed E-state index contributed by atoms with van der Waals surface area (Å²) in [7, 11) is -2.35. The molecule has 1 heterocycles. The number of nitrogens with one attached hydrogen (secondary N) is 2. The van der Waals surface area contributed by atoms with Gasteiger partial charge in [0.15, 0.2) is 0 Å². The molecular formula is C24H21N3O4S. The predicted octanol–water partition coefficient (Wildman–Crippen LogP) is 4.60. The van der Waals surface area contributed by atoms with Crippen LogP contribution in [-0.4, -0.2) is 26.4 Å². The lowest BCUT2D eigenvalue weighted by Gasteiger charge is -2.12. The summed E-state index contributed by atoms with van der Waals surface area (Å²) in [6, 6.07) is 20.2. The van der Waals surface area contributed by atoms with Gasteiger partial charge in [-0.1, -0.05) is 24.3 Å². The number of para-hydroxylation sites is 3. The van der Waals surface area contributed by atoms with Crippen molar-refractivity contribution in [2.24, 2.45) is 0 Å². The molecule has 0 spiro atoms. The number of sulfonamides is 1. The number of hydrogen-bond donors (Lipinski definition) is 2. The molecule has 162 valence electrons. The Morgan fingerprint density at radius 1 is 0.969 bits per heavy atom. The monoisotopic (exact) mass is 447 g/mol. The Morgan fingerprint density at radius 3 is 2.47 bits per heavy atom. The molecule has 0 saturated heterocycles. The van der Waals surface area contributed by atoms with Crippen molar-refractivity contribution < 1.29 is 17.9 Å². The third-order valence-electron chi connectivity index (χ3n) is 4.85. The van der Waals surface area contributed by atoms with Gasteiger partial charge in [-0.15, -0.1) is 0 Å². The first-order valence-corrected chi connectivity index (χ1v) is 11.3. The van der Waals surface area contributed by atoms with Crippen LogP contribution in [-0.2, 0) is 10.0 Å². The van der Waals surface area contributed by atoms with Crippen LogP contribution in [0.15, 0.2) is 83.9 Å². The molecule has 4 rings (SSSR count). The summed E-state index contributed by atoms with van der Waals surface area (Å²) in [5.41, 5.74) is 2.60. The van der Waals surface area contributed by atoms with Crippen LogP contribution in [0.3, 0.4) is 0 Å². The second-order valence-electron chi connectivity index (χ2n) is 7.18. The topological polar surface area (TPSA) is 97.4 Å². The second kappa shape index (κ2) is 8.68. The number of methoxy groups -OCH3 is 1. The molecule has 0 aliphatic carbocycles. The molecule has 0 saturated carbocycles. The van der Waals surface area contributed by atoms with E-state index in [1.54, 1.807) is 42.6 Å². The van der Waals surface area contributed by atoms with Crippen LogP contribution in [0, 0.1) is 6.92 Å². The van der Waals surface area contributed by atoms with Crippen molar-refractivity contribution >= 4 is 38.2 Å². The smallest absolute Gasteiger partial charge is 0.264 e. The minimum absolute atomic E-state index is 0.0907. The maximum absolute atomic E-state index is 13.0. The largest absolute Gasteiger partial charge is 0.495 e. The number of aromatic nitrogens is 1. The summed E-state index contributed by atoms with van der Waals surface area (Å²) < 4.78 is 33.8. The van der Waals surface area contributed by atoms with Gasteiger partial charge < -0.3 is 10.1 Å². The molecule has 0 radical (unpaired) electrons. The Bertz CT molecular complexity index is 1400. The fourth-order valence-electron chi connectivity index (χ4n) is 3.30. The Kier molecular flexibility index (Phi) is 5.79. The van der Waals surface area contributed by atoms with Crippen molar-refractivity contribution in [3.63, 3.8) is 0 Å². The van der Waals surface area contributed by atoms with Gasteiger partial charge in [-0.05, 0) is 61.0 Å². The quantitative estimate of drug-likeness (QED) is 0.450. The van der Waals surface area contributed by atoms with Crippen molar-refractivity contribution in [1.82, 2.24) is 4.98 Å². The van der Waals surface area contributed by atoms with E-state index in [4.69, 9.17) is 4.74 Å². The molecule has 32 heavy (non-hydrogen) atoms. The lowest BCUT2D eigenvalue weighted by atomic mass is 10.2. The van der Waals surface area contributed by atoms with Crippen molar-refractivity contribution in [2.75, 3.05) is 17.1 Å². The van der Waals surface area contributed by atoms with Crippen LogP contribution < -0.4 is 14.8 Å². The van der Waals surface area contributed by atoms with Gasteiger partial charge in [0.25, 0.3) is 15.9 Å². The zero-order valence-electron chi connectivity index (χ0n) is 17.5. The number of pyridine rings is 1. The minimum atomic E-state index is -3.87. The first-order chi connectivity index (χ1) is 15.4. The predicted molar refractivity (Wildman–Crippen MR) is 125 cm³/mol. The molecule has 8 heteroatoms. The minimum Gasteiger partial charge on any atom is -0.495 e. The Balaban J connectivity index is 1.54. The van der Waals surface area contributed by atoms with Gasteiger partial charge in [-0.2, -0.15) is 0 Å². The molecule has 7 nitrogen and oxygen atoms in total. The van der Waals surface area contributed by atoms with Crippen LogP contribution in [0.5, 0.6) is 5.75 Å². The van der Waals surface area contributed by atoms with Gasteiger partial charge >= 0.3 is 0 Å². The molecule has 3 aromatic carbocycles. The Hall–Kier alpha value is -3.91. The van der Waals surface area contributed by atoms with E-state index < -0.39 is 10.0 Å². The normalized spacial score (nSPS) is 11.2. The van der Waals surface area contributed by atoms with Crippen LogP contribution >= 0.6 is 0 Å². The highest BCUT2D eigenvalue weighted by Gasteiger charge is 2.19. The average molecular weight is 448 g/mol. The van der Waals surface area contributed by atoms with Crippen molar-refractivity contribution in [1.29, 1.82) is 0 Å². The van der Waals surface area contributed by atoms with Crippen LogP contribution in [0.4, 0.5) is 11.4 Å². The fraction of sp³-hybridized carbons (Fsp3) is 0.0833. The van der Waals surface area contributed by atoms with Crippen LogP contribution in [0.25, 0.3) is 10.9 Å². The first-order valence-electron chi connectivity index (χ1n) is 9.80. The number of fused-ring (bicyclic) bond motifs is 1. The molecule has 0 atom stereocenters. The lowest BCUT2D eigenvalue weighted by molar-refractivity contribution is 0.102. The van der Waals surface area contributed by atoms with E-state index in [1.165, 1.54) is 25.3 Å². The molecule has 0 aliphatic heterocycles. The summed E-state index contributed by atoms with van der Waals surface area (Å²) in [6.07, 6.45) is 1.64. The maximum atomic E-state index is 13.0. The number of benzene rings is 3. The number of rotatable bonds is 6. The number of hydrogen-bond acceptors (Lipinski definition) is 5. The fourth-order valence-corrected chi connectivity index (χ4v) is 4.54. The Labute approximate surface area is 186 Å². The van der Waals surface area contributed by atoms with Gasteiger partial charge in [-0.3, -0.25) is 14.5 Å². The molecule has 1 aromatic heterocycles. The van der Waals surface area contributed by atoms with Crippen LogP contribution in [0.2, 0.25) is 0 Å². The molecular weight excluding hydrogens is 426 g/mol. The second-order valence-corrected chi connectivity index (χ2v) is 8.83. The summed E-state index contributed by atoms with van der Waals surface area (Å²) >= 11 is 0. The van der Waals surface area contributed by atoms with Crippen molar-refractivity contribution in [3.05, 3.63) is 90.1 Å². The number of ether oxygens (including phenoxy) is 1. The van der Waals surface area contributed by atoms with Crippen molar-refractivity contribution in [3.8, 4) is 5.75 Å². The van der Waals surface area contributed by atoms with Gasteiger partial charge in [-0.25, -0.2) is 8.42 Å². The van der Waals surface area contributed by atoms with Gasteiger partial charge in [0.05, 0.1) is 18.3 Å². The van der Waals surface area contributed by atoms with Gasteiger partial charge in [0.1, 0.15) is 10.6 Å². The summed E-state index contributed by atoms with van der Waals surface area (Å²) in [6.45, 7) is 1.90. The van der Waals surface area contributed by atoms with Gasteiger partial charge in [0, 0.05) is 22.8 Å². The number of carbonyl (C=O) groups excluding carboxylic acids is 1. The first kappa shape index (κ1) is 21.3. The number of anilines is 2. The molecule has 0 fully saturated rings. The lowest BCUT2D eigenvalue weighted by Crippen LogP contribution is -2.15. The van der Waals surface area contributed by atoms with E-state index in [2.05, 4.69) is 15.0 Å². The third-order valence-corrected chi connectivity index (χ3v) is 6.27. The molecule has 1 amide bonds. The third kappa shape index (κ3) is 4.40. The Morgan fingerprint density at radius 2 is 1.72 bits per heavy atom. The van der Waals surface area contributed by atoms with E-state index in [0.29, 0.717) is 28.2 Å². The van der Waals surface area contributed by atoms with Crippen LogP contribution in [0.1, 0.15) is 15.9 Å². The SMILES string of the molecule is COc1ccccc1NC(=O)c1ccc(NS(=O)(=O)c2cccc3cc(C)cnc23)cc1. The van der Waals surface area contributed by atoms with E-state index in [0.717, 1.165) is 10.9 Å². The number of aryl methyl sites for hydroxylation is 1. The molecule has 4 aromatic rings. The summed E-state index contributed by atoms with van der Waals surface area (Å²) in [4.78, 5) is 16.9. The maximum Gasteiger partial charge on any atom is 0.264 e. The van der Waals surface area contributed by atoms with E-state index >= 15 is 0 Å². The molecule has 0 bridgehead atoms. The molecule has 0 aliphatic rings. The zero-order chi connectivity index (χ0) is 22.7. The standard InChI is InChI=1S/C24H21N3O4S/c1-16-14-18-6-5-9-22(23(18)25-15-16)32(29,30)27-19-12-10-17(11-13-19)24(28)26-20-7-3-4-8-21(20)31-2/h3-15,27H,1-2H3,(H,26,28). The summed E-state index contributed by atoms with van der Waals surface area (Å²) in [5, 5.41) is 3.53. The van der Waals surface area contributed by atoms with Crippen molar-refractivity contribution in [2.45, 2.75) is 11.8 Å². The number of amides is 1. The molecule has 2 N–H and O–H groups in total. The van der Waals surface area contributed by atoms with E-state index in [-0.39, 0.29) is 10.8 Å². The summed E-state index contributed by atoms with van der Waals surface area (Å²) in [5.74, 6) is 0.210. The number of carbonyl (C=O) groups is 1. The molecule has 0 unspecified atom stereocenters. The van der Waals surface area contributed by atoms with E-state index in [9.17, 15) is 13.2 Å². The average Bonchev–Trinajstić information content (AvgIpc) is 2.79. The number of nitrogens with zero attached hydrogens (tertiary/aromatic N) is 1. The van der Waals surface area contributed by atoms with Gasteiger partial charge in [0.2, 0.25) is 0 Å². The highest BCUT2D eigenvalue weighted by molar-refractivity contribution is 7.93. The highest BCUT2D eigenvalue weighted by Crippen LogP contribution is 2.26. The zero-order valence-corrected chi connectivity index (χ0v) is 18.3. The highest BCUT2D eigenvalue weighted by atomic mass is 32.2. The van der Waals surface area contributed by atoms with E-state index in [1.807, 2.05) is 25.1 Å².